The maximum Gasteiger partial charge on any atom is 0.251 e. The number of carbonyl (C=O) groups is 2. The molecule has 0 radical (unpaired) electrons. The number of fused-ring (bicyclic) bond motifs is 1. The monoisotopic (exact) mass is 346 g/mol. The Morgan fingerprint density at radius 2 is 1.58 bits per heavy atom. The van der Waals surface area contributed by atoms with E-state index in [-0.39, 0.29) is 17.9 Å². The molecule has 3 aromatic carbocycles. The van der Waals surface area contributed by atoms with Crippen LogP contribution in [0.5, 0.6) is 0 Å². The van der Waals surface area contributed by atoms with Gasteiger partial charge < -0.3 is 10.6 Å². The first kappa shape index (κ1) is 17.7. The quantitative estimate of drug-likeness (QED) is 0.729. The van der Waals surface area contributed by atoms with E-state index in [0.717, 1.165) is 16.3 Å². The Balaban J connectivity index is 1.67. The second-order valence-corrected chi connectivity index (χ2v) is 6.57. The third-order valence-corrected chi connectivity index (χ3v) is 4.08. The zero-order chi connectivity index (χ0) is 18.5. The number of anilines is 1. The Morgan fingerprint density at radius 3 is 2.31 bits per heavy atom. The Labute approximate surface area is 153 Å². The molecule has 3 rings (SSSR count). The van der Waals surface area contributed by atoms with E-state index in [9.17, 15) is 9.59 Å². The van der Waals surface area contributed by atoms with Gasteiger partial charge in [-0.1, -0.05) is 42.5 Å². The van der Waals surface area contributed by atoms with Crippen LogP contribution >= 0.6 is 0 Å². The molecule has 132 valence electrons. The molecule has 0 aromatic heterocycles. The predicted molar refractivity (Wildman–Crippen MR) is 105 cm³/mol. The van der Waals surface area contributed by atoms with Gasteiger partial charge in [0.2, 0.25) is 5.91 Å². The lowest BCUT2D eigenvalue weighted by atomic mass is 10.0. The lowest BCUT2D eigenvalue weighted by molar-refractivity contribution is -0.115. The first-order valence-electron chi connectivity index (χ1n) is 8.70. The van der Waals surface area contributed by atoms with Gasteiger partial charge in [-0.2, -0.15) is 0 Å². The Morgan fingerprint density at radius 1 is 0.885 bits per heavy atom. The average Bonchev–Trinajstić information content (AvgIpc) is 2.62. The summed E-state index contributed by atoms with van der Waals surface area (Å²) in [5.41, 5.74) is 2.25. The highest BCUT2D eigenvalue weighted by Gasteiger charge is 2.09. The molecular formula is C22H22N2O2. The van der Waals surface area contributed by atoms with Gasteiger partial charge in [0.15, 0.2) is 0 Å². The van der Waals surface area contributed by atoms with Crippen LogP contribution in [0.3, 0.4) is 0 Å². The molecule has 0 spiro atoms. The van der Waals surface area contributed by atoms with E-state index >= 15 is 0 Å². The molecule has 0 unspecified atom stereocenters. The lowest BCUT2D eigenvalue weighted by Gasteiger charge is -2.10. The summed E-state index contributed by atoms with van der Waals surface area (Å²) in [6, 6.07) is 21.0. The predicted octanol–water partition coefficient (Wildman–Crippen LogP) is 4.16. The van der Waals surface area contributed by atoms with Gasteiger partial charge in [-0.15, -0.1) is 0 Å². The van der Waals surface area contributed by atoms with Crippen LogP contribution in [0.4, 0.5) is 5.69 Å². The standard InChI is InChI=1S/C22H22N2O2/c1-15(2)23-22(26)17-10-12-19(13-11-17)24-21(25)14-18-8-5-7-16-6-3-4-9-20(16)18/h3-13,15H,14H2,1-2H3,(H,23,26)(H,24,25). The highest BCUT2D eigenvalue weighted by atomic mass is 16.2. The second kappa shape index (κ2) is 7.83. The molecule has 26 heavy (non-hydrogen) atoms. The fourth-order valence-electron chi connectivity index (χ4n) is 2.88. The fourth-order valence-corrected chi connectivity index (χ4v) is 2.88. The van der Waals surface area contributed by atoms with Crippen molar-refractivity contribution >= 4 is 28.3 Å². The van der Waals surface area contributed by atoms with E-state index in [4.69, 9.17) is 0 Å². The first-order chi connectivity index (χ1) is 12.5. The molecule has 0 saturated carbocycles. The van der Waals surface area contributed by atoms with Crippen LogP contribution in [-0.4, -0.2) is 17.9 Å². The molecule has 4 nitrogen and oxygen atoms in total. The molecule has 0 aliphatic carbocycles. The zero-order valence-electron chi connectivity index (χ0n) is 15.0. The summed E-state index contributed by atoms with van der Waals surface area (Å²) in [6.45, 7) is 3.83. The van der Waals surface area contributed by atoms with Gasteiger partial charge >= 0.3 is 0 Å². The molecule has 2 N–H and O–H groups in total. The Kier molecular flexibility index (Phi) is 5.32. The van der Waals surface area contributed by atoms with Crippen molar-refractivity contribution in [2.45, 2.75) is 26.3 Å². The van der Waals surface area contributed by atoms with Gasteiger partial charge in [0.25, 0.3) is 5.91 Å². The van der Waals surface area contributed by atoms with E-state index in [2.05, 4.69) is 10.6 Å². The molecule has 0 fully saturated rings. The van der Waals surface area contributed by atoms with Crippen LogP contribution in [-0.2, 0) is 11.2 Å². The van der Waals surface area contributed by atoms with Crippen molar-refractivity contribution in [3.8, 4) is 0 Å². The van der Waals surface area contributed by atoms with Crippen molar-refractivity contribution in [1.82, 2.24) is 5.32 Å². The lowest BCUT2D eigenvalue weighted by Crippen LogP contribution is -2.30. The number of rotatable bonds is 5. The van der Waals surface area contributed by atoms with Crippen molar-refractivity contribution in [2.75, 3.05) is 5.32 Å². The SMILES string of the molecule is CC(C)NC(=O)c1ccc(NC(=O)Cc2cccc3ccccc23)cc1. The Bertz CT molecular complexity index is 925. The highest BCUT2D eigenvalue weighted by molar-refractivity contribution is 5.97. The van der Waals surface area contributed by atoms with Crippen molar-refractivity contribution in [3.05, 3.63) is 77.9 Å². The maximum absolute atomic E-state index is 12.4. The third kappa shape index (κ3) is 4.28. The van der Waals surface area contributed by atoms with Crippen LogP contribution in [0.15, 0.2) is 66.7 Å². The minimum absolute atomic E-state index is 0.0827. The van der Waals surface area contributed by atoms with E-state index in [1.165, 1.54) is 0 Å². The van der Waals surface area contributed by atoms with Crippen molar-refractivity contribution in [1.29, 1.82) is 0 Å². The molecule has 0 aliphatic heterocycles. The molecule has 3 aromatic rings. The van der Waals surface area contributed by atoms with Crippen molar-refractivity contribution in [2.24, 2.45) is 0 Å². The van der Waals surface area contributed by atoms with Crippen LogP contribution in [0.25, 0.3) is 10.8 Å². The summed E-state index contributed by atoms with van der Waals surface area (Å²) in [5.74, 6) is -0.200. The number of amides is 2. The Hall–Kier alpha value is -3.14. The molecule has 0 atom stereocenters. The highest BCUT2D eigenvalue weighted by Crippen LogP contribution is 2.19. The summed E-state index contributed by atoms with van der Waals surface area (Å²) >= 11 is 0. The van der Waals surface area contributed by atoms with E-state index in [1.54, 1.807) is 24.3 Å². The third-order valence-electron chi connectivity index (χ3n) is 4.08. The van der Waals surface area contributed by atoms with Crippen LogP contribution in [0.1, 0.15) is 29.8 Å². The summed E-state index contributed by atoms with van der Waals surface area (Å²) in [4.78, 5) is 24.4. The minimum atomic E-state index is -0.117. The van der Waals surface area contributed by atoms with Gasteiger partial charge in [0.1, 0.15) is 0 Å². The van der Waals surface area contributed by atoms with Gasteiger partial charge in [0.05, 0.1) is 6.42 Å². The maximum atomic E-state index is 12.4. The molecule has 0 bridgehead atoms. The van der Waals surface area contributed by atoms with Crippen molar-refractivity contribution < 1.29 is 9.59 Å². The van der Waals surface area contributed by atoms with E-state index in [1.807, 2.05) is 56.3 Å². The molecule has 0 aliphatic rings. The fraction of sp³-hybridized carbons (Fsp3) is 0.182. The number of benzene rings is 3. The second-order valence-electron chi connectivity index (χ2n) is 6.57. The largest absolute Gasteiger partial charge is 0.350 e. The van der Waals surface area contributed by atoms with E-state index < -0.39 is 0 Å². The van der Waals surface area contributed by atoms with E-state index in [0.29, 0.717) is 17.7 Å². The van der Waals surface area contributed by atoms with Gasteiger partial charge in [0, 0.05) is 17.3 Å². The van der Waals surface area contributed by atoms with Crippen molar-refractivity contribution in [3.63, 3.8) is 0 Å². The molecular weight excluding hydrogens is 324 g/mol. The minimum Gasteiger partial charge on any atom is -0.350 e. The number of nitrogens with one attached hydrogen (secondary N) is 2. The van der Waals surface area contributed by atoms with Crippen LogP contribution < -0.4 is 10.6 Å². The summed E-state index contributed by atoms with van der Waals surface area (Å²) in [5, 5.41) is 7.95. The normalized spacial score (nSPS) is 10.7. The van der Waals surface area contributed by atoms with Gasteiger partial charge in [-0.25, -0.2) is 0 Å². The molecule has 0 heterocycles. The van der Waals surface area contributed by atoms with Gasteiger partial charge in [-0.05, 0) is 54.4 Å². The topological polar surface area (TPSA) is 58.2 Å². The number of hydrogen-bond acceptors (Lipinski definition) is 2. The van der Waals surface area contributed by atoms with Crippen LogP contribution in [0, 0.1) is 0 Å². The van der Waals surface area contributed by atoms with Gasteiger partial charge in [-0.3, -0.25) is 9.59 Å². The number of carbonyl (C=O) groups excluding carboxylic acids is 2. The summed E-state index contributed by atoms with van der Waals surface area (Å²) < 4.78 is 0. The van der Waals surface area contributed by atoms with Crippen LogP contribution in [0.2, 0.25) is 0 Å². The average molecular weight is 346 g/mol. The molecule has 2 amide bonds. The first-order valence-corrected chi connectivity index (χ1v) is 8.70. The summed E-state index contributed by atoms with van der Waals surface area (Å²) in [7, 11) is 0. The number of hydrogen-bond donors (Lipinski definition) is 2. The summed E-state index contributed by atoms with van der Waals surface area (Å²) in [6.07, 6.45) is 0.303. The molecule has 0 saturated heterocycles. The zero-order valence-corrected chi connectivity index (χ0v) is 15.0. The molecule has 4 heteroatoms. The smallest absolute Gasteiger partial charge is 0.251 e.